The molecule has 1 aliphatic heterocycles. The van der Waals surface area contributed by atoms with Gasteiger partial charge in [-0.3, -0.25) is 4.90 Å². The predicted molar refractivity (Wildman–Crippen MR) is 90.3 cm³/mol. The minimum absolute atomic E-state index is 0.601. The van der Waals surface area contributed by atoms with Gasteiger partial charge in [0.05, 0.1) is 0 Å². The second kappa shape index (κ2) is 7.04. The molecule has 1 aromatic rings. The van der Waals surface area contributed by atoms with E-state index in [1.165, 1.54) is 15.6 Å². The third kappa shape index (κ3) is 4.17. The van der Waals surface area contributed by atoms with Gasteiger partial charge in [-0.2, -0.15) is 0 Å². The van der Waals surface area contributed by atoms with Crippen molar-refractivity contribution in [1.29, 1.82) is 0 Å². The molecule has 1 fully saturated rings. The van der Waals surface area contributed by atoms with E-state index >= 15 is 0 Å². The van der Waals surface area contributed by atoms with E-state index in [9.17, 15) is 0 Å². The summed E-state index contributed by atoms with van der Waals surface area (Å²) in [6, 6.07) is 10.2. The Morgan fingerprint density at radius 1 is 1.37 bits per heavy atom. The van der Waals surface area contributed by atoms with Crippen LogP contribution in [-0.4, -0.2) is 30.1 Å². The van der Waals surface area contributed by atoms with Crippen molar-refractivity contribution in [3.05, 3.63) is 33.4 Å². The van der Waals surface area contributed by atoms with E-state index < -0.39 is 0 Å². The van der Waals surface area contributed by atoms with Crippen molar-refractivity contribution in [2.75, 3.05) is 13.1 Å². The van der Waals surface area contributed by atoms with Gasteiger partial charge in [-0.1, -0.05) is 32.4 Å². The summed E-state index contributed by atoms with van der Waals surface area (Å²) in [7, 11) is 0. The summed E-state index contributed by atoms with van der Waals surface area (Å²) in [6.45, 7) is 10.3. The predicted octanol–water partition coefficient (Wildman–Crippen LogP) is 3.50. The molecule has 0 bridgehead atoms. The van der Waals surface area contributed by atoms with Gasteiger partial charge in [-0.25, -0.2) is 0 Å². The molecule has 1 aromatic carbocycles. The van der Waals surface area contributed by atoms with E-state index in [1.54, 1.807) is 0 Å². The number of rotatable bonds is 4. The van der Waals surface area contributed by atoms with Crippen LogP contribution in [0.4, 0.5) is 0 Å². The highest BCUT2D eigenvalue weighted by Gasteiger charge is 2.28. The first-order chi connectivity index (χ1) is 9.10. The number of halogens is 1. The maximum absolute atomic E-state index is 3.63. The van der Waals surface area contributed by atoms with Crippen LogP contribution in [0.2, 0.25) is 0 Å². The molecule has 0 radical (unpaired) electrons. The summed E-state index contributed by atoms with van der Waals surface area (Å²) in [5.74, 6) is 0.754. The van der Waals surface area contributed by atoms with E-state index in [-0.39, 0.29) is 0 Å². The zero-order valence-corrected chi connectivity index (χ0v) is 14.4. The molecule has 1 heterocycles. The van der Waals surface area contributed by atoms with Gasteiger partial charge in [0, 0.05) is 35.3 Å². The molecule has 1 N–H and O–H groups in total. The fourth-order valence-electron chi connectivity index (χ4n) is 2.84. The van der Waals surface area contributed by atoms with Gasteiger partial charge in [-0.05, 0) is 53.1 Å². The van der Waals surface area contributed by atoms with Crippen molar-refractivity contribution in [1.82, 2.24) is 10.2 Å². The Morgan fingerprint density at radius 2 is 2.05 bits per heavy atom. The van der Waals surface area contributed by atoms with E-state index in [1.807, 2.05) is 0 Å². The minimum atomic E-state index is 0.601. The molecule has 2 nitrogen and oxygen atoms in total. The Morgan fingerprint density at radius 3 is 2.68 bits per heavy atom. The van der Waals surface area contributed by atoms with Crippen LogP contribution < -0.4 is 5.32 Å². The Balaban J connectivity index is 2.07. The molecule has 106 valence electrons. The van der Waals surface area contributed by atoms with E-state index in [4.69, 9.17) is 0 Å². The quantitative estimate of drug-likeness (QED) is 0.814. The molecule has 3 atom stereocenters. The number of nitrogens with one attached hydrogen (secondary N) is 1. The van der Waals surface area contributed by atoms with Crippen molar-refractivity contribution >= 4 is 22.6 Å². The number of nitrogens with zero attached hydrogens (tertiary/aromatic N) is 1. The normalized spacial score (nSPS) is 26.3. The summed E-state index contributed by atoms with van der Waals surface area (Å²) in [5, 5.41) is 3.63. The van der Waals surface area contributed by atoms with Crippen molar-refractivity contribution in [2.24, 2.45) is 5.92 Å². The first kappa shape index (κ1) is 15.3. The smallest absolute Gasteiger partial charge is 0.0250 e. The average molecular weight is 372 g/mol. The highest BCUT2D eigenvalue weighted by Crippen LogP contribution is 2.21. The molecule has 1 saturated heterocycles. The molecular weight excluding hydrogens is 347 g/mol. The molecule has 0 amide bonds. The van der Waals surface area contributed by atoms with Gasteiger partial charge < -0.3 is 5.32 Å². The highest BCUT2D eigenvalue weighted by atomic mass is 127. The van der Waals surface area contributed by atoms with Crippen LogP contribution in [-0.2, 0) is 6.54 Å². The molecule has 19 heavy (non-hydrogen) atoms. The molecule has 0 spiro atoms. The van der Waals surface area contributed by atoms with Crippen LogP contribution in [0.1, 0.15) is 32.8 Å². The van der Waals surface area contributed by atoms with Gasteiger partial charge in [0.15, 0.2) is 0 Å². The fraction of sp³-hybridized carbons (Fsp3) is 0.625. The van der Waals surface area contributed by atoms with Crippen molar-refractivity contribution in [3.63, 3.8) is 0 Å². The van der Waals surface area contributed by atoms with Crippen molar-refractivity contribution < 1.29 is 0 Å². The van der Waals surface area contributed by atoms with Gasteiger partial charge >= 0.3 is 0 Å². The molecule has 0 aromatic heterocycles. The van der Waals surface area contributed by atoms with Gasteiger partial charge in [0.2, 0.25) is 0 Å². The Bertz CT molecular complexity index is 390. The van der Waals surface area contributed by atoms with E-state index in [2.05, 4.69) is 77.8 Å². The summed E-state index contributed by atoms with van der Waals surface area (Å²) < 4.78 is 1.31. The largest absolute Gasteiger partial charge is 0.311 e. The van der Waals surface area contributed by atoms with Crippen molar-refractivity contribution in [2.45, 2.75) is 45.8 Å². The first-order valence-electron chi connectivity index (χ1n) is 7.32. The fourth-order valence-corrected chi connectivity index (χ4v) is 3.20. The summed E-state index contributed by atoms with van der Waals surface area (Å²) in [5.41, 5.74) is 1.43. The second-order valence-electron chi connectivity index (χ2n) is 5.82. The second-order valence-corrected chi connectivity index (χ2v) is 7.06. The zero-order chi connectivity index (χ0) is 13.8. The number of benzene rings is 1. The SMILES string of the molecule is CCC(C)C1CNC(C)CN1Cc1ccc(I)cc1. The Kier molecular flexibility index (Phi) is 5.66. The summed E-state index contributed by atoms with van der Waals surface area (Å²) in [6.07, 6.45) is 1.25. The number of hydrogen-bond donors (Lipinski definition) is 1. The number of hydrogen-bond acceptors (Lipinski definition) is 2. The summed E-state index contributed by atoms with van der Waals surface area (Å²) >= 11 is 2.37. The van der Waals surface area contributed by atoms with Crippen LogP contribution in [0, 0.1) is 9.49 Å². The van der Waals surface area contributed by atoms with Crippen LogP contribution in [0.3, 0.4) is 0 Å². The molecular formula is C16H25IN2. The minimum Gasteiger partial charge on any atom is -0.311 e. The van der Waals surface area contributed by atoms with E-state index in [0.717, 1.165) is 25.6 Å². The van der Waals surface area contributed by atoms with Gasteiger partial charge in [-0.15, -0.1) is 0 Å². The lowest BCUT2D eigenvalue weighted by Gasteiger charge is -2.42. The van der Waals surface area contributed by atoms with Crippen molar-refractivity contribution in [3.8, 4) is 0 Å². The molecule has 3 heteroatoms. The third-order valence-electron chi connectivity index (χ3n) is 4.25. The lowest BCUT2D eigenvalue weighted by atomic mass is 9.94. The molecule has 0 aliphatic carbocycles. The standard InChI is InChI=1S/C16H25IN2/c1-4-12(2)16-9-18-13(3)10-19(16)11-14-5-7-15(17)8-6-14/h5-8,12-13,16,18H,4,9-11H2,1-3H3. The molecule has 0 saturated carbocycles. The van der Waals surface area contributed by atoms with Gasteiger partial charge in [0.25, 0.3) is 0 Å². The molecule has 3 unspecified atom stereocenters. The Hall–Kier alpha value is -0.130. The Labute approximate surface area is 131 Å². The maximum atomic E-state index is 3.63. The van der Waals surface area contributed by atoms with Crippen LogP contribution in [0.25, 0.3) is 0 Å². The van der Waals surface area contributed by atoms with Crippen LogP contribution >= 0.6 is 22.6 Å². The highest BCUT2D eigenvalue weighted by molar-refractivity contribution is 14.1. The van der Waals surface area contributed by atoms with Gasteiger partial charge in [0.1, 0.15) is 0 Å². The zero-order valence-electron chi connectivity index (χ0n) is 12.2. The lowest BCUT2D eigenvalue weighted by Crippen LogP contribution is -2.57. The average Bonchev–Trinajstić information content (AvgIpc) is 2.41. The molecule has 2 rings (SSSR count). The molecule has 1 aliphatic rings. The van der Waals surface area contributed by atoms with E-state index in [0.29, 0.717) is 12.1 Å². The van der Waals surface area contributed by atoms with Crippen LogP contribution in [0.15, 0.2) is 24.3 Å². The third-order valence-corrected chi connectivity index (χ3v) is 4.97. The topological polar surface area (TPSA) is 15.3 Å². The van der Waals surface area contributed by atoms with Crippen LogP contribution in [0.5, 0.6) is 0 Å². The number of piperazine rings is 1. The lowest BCUT2D eigenvalue weighted by molar-refractivity contribution is 0.0885. The summed E-state index contributed by atoms with van der Waals surface area (Å²) in [4.78, 5) is 2.66. The first-order valence-corrected chi connectivity index (χ1v) is 8.40. The maximum Gasteiger partial charge on any atom is 0.0250 e. The monoisotopic (exact) mass is 372 g/mol.